The number of benzene rings is 2. The van der Waals surface area contributed by atoms with Crippen LogP contribution in [0.2, 0.25) is 0 Å². The molecule has 0 atom stereocenters. The molecule has 0 N–H and O–H groups in total. The number of rotatable bonds is 4. The van der Waals surface area contributed by atoms with Gasteiger partial charge < -0.3 is 4.74 Å². The minimum Gasteiger partial charge on any atom is -0.462 e. The summed E-state index contributed by atoms with van der Waals surface area (Å²) in [6.07, 6.45) is 0. The number of nitro benzene ring substituents is 1. The quantitative estimate of drug-likeness (QED) is 0.475. The maximum absolute atomic E-state index is 11.5. The highest BCUT2D eigenvalue weighted by atomic mass is 16.6. The number of nitro groups is 1. The monoisotopic (exact) mass is 301 g/mol. The second-order valence-electron chi connectivity index (χ2n) is 4.11. The number of ether oxygens (including phenoxy) is 1. The predicted molar refractivity (Wildman–Crippen MR) is 85.8 cm³/mol. The molecular weight excluding hydrogens is 282 g/mol. The van der Waals surface area contributed by atoms with Gasteiger partial charge in [-0.05, 0) is 30.2 Å². The molecule has 0 amide bonds. The van der Waals surface area contributed by atoms with Gasteiger partial charge in [0.25, 0.3) is 5.69 Å². The maximum Gasteiger partial charge on any atom is 0.338 e. The molecule has 116 valence electrons. The zero-order valence-electron chi connectivity index (χ0n) is 12.9. The lowest BCUT2D eigenvalue weighted by atomic mass is 10.0. The van der Waals surface area contributed by atoms with Crippen LogP contribution in [-0.2, 0) is 4.74 Å². The fourth-order valence-corrected chi connectivity index (χ4v) is 1.81. The Morgan fingerprint density at radius 3 is 2.27 bits per heavy atom. The van der Waals surface area contributed by atoms with E-state index in [-0.39, 0.29) is 11.7 Å². The van der Waals surface area contributed by atoms with E-state index in [1.54, 1.807) is 43.3 Å². The highest BCUT2D eigenvalue weighted by Gasteiger charge is 2.09. The molecule has 2 rings (SSSR count). The minimum atomic E-state index is -0.434. The van der Waals surface area contributed by atoms with Crippen LogP contribution in [0.4, 0.5) is 5.69 Å². The molecule has 0 aromatic heterocycles. The summed E-state index contributed by atoms with van der Waals surface area (Å²) in [5.41, 5.74) is 2.04. The van der Waals surface area contributed by atoms with Crippen molar-refractivity contribution in [2.24, 2.45) is 0 Å². The molecular formula is C17H19NO4. The summed E-state index contributed by atoms with van der Waals surface area (Å²) < 4.78 is 4.90. The zero-order chi connectivity index (χ0) is 16.5. The summed E-state index contributed by atoms with van der Waals surface area (Å²) in [7, 11) is 0. The standard InChI is InChI=1S/C15H13NO4.C2H6/c1-2-20-15(17)12-8-6-11(7-9-12)13-4-3-5-14(10-13)16(18)19;1-2/h3-10H,2H2,1H3;1-2H3. The van der Waals surface area contributed by atoms with Gasteiger partial charge in [0, 0.05) is 12.1 Å². The molecule has 0 aliphatic carbocycles. The number of nitrogens with zero attached hydrogens (tertiary/aromatic N) is 1. The number of carbonyl (C=O) groups is 1. The van der Waals surface area contributed by atoms with Crippen molar-refractivity contribution < 1.29 is 14.5 Å². The lowest BCUT2D eigenvalue weighted by Crippen LogP contribution is -2.03. The molecule has 22 heavy (non-hydrogen) atoms. The van der Waals surface area contributed by atoms with E-state index in [1.165, 1.54) is 12.1 Å². The van der Waals surface area contributed by atoms with Crippen LogP contribution in [0.25, 0.3) is 11.1 Å². The van der Waals surface area contributed by atoms with E-state index in [2.05, 4.69) is 0 Å². The first-order valence-electron chi connectivity index (χ1n) is 7.14. The van der Waals surface area contributed by atoms with E-state index in [1.807, 2.05) is 13.8 Å². The van der Waals surface area contributed by atoms with Gasteiger partial charge in [-0.25, -0.2) is 4.79 Å². The molecule has 5 heteroatoms. The normalized spacial score (nSPS) is 9.41. The van der Waals surface area contributed by atoms with Crippen molar-refractivity contribution in [3.8, 4) is 11.1 Å². The second kappa shape index (κ2) is 8.56. The van der Waals surface area contributed by atoms with Crippen LogP contribution in [-0.4, -0.2) is 17.5 Å². The molecule has 0 aliphatic heterocycles. The Labute approximate surface area is 129 Å². The average molecular weight is 301 g/mol. The van der Waals surface area contributed by atoms with Crippen LogP contribution < -0.4 is 0 Å². The fraction of sp³-hybridized carbons (Fsp3) is 0.235. The maximum atomic E-state index is 11.5. The third-order valence-electron chi connectivity index (χ3n) is 2.79. The molecule has 2 aromatic rings. The smallest absolute Gasteiger partial charge is 0.338 e. The Bertz CT molecular complexity index is 635. The lowest BCUT2D eigenvalue weighted by Gasteiger charge is -2.04. The van der Waals surface area contributed by atoms with Crippen molar-refractivity contribution in [1.29, 1.82) is 0 Å². The fourth-order valence-electron chi connectivity index (χ4n) is 1.81. The molecule has 0 aliphatic rings. The van der Waals surface area contributed by atoms with Crippen molar-refractivity contribution in [3.63, 3.8) is 0 Å². The SMILES string of the molecule is CC.CCOC(=O)c1ccc(-c2cccc([N+](=O)[O-])c2)cc1. The van der Waals surface area contributed by atoms with Crippen LogP contribution in [0.3, 0.4) is 0 Å². The molecule has 0 fully saturated rings. The summed E-state index contributed by atoms with van der Waals surface area (Å²) >= 11 is 0. The van der Waals surface area contributed by atoms with Gasteiger partial charge in [-0.2, -0.15) is 0 Å². The Morgan fingerprint density at radius 1 is 1.09 bits per heavy atom. The van der Waals surface area contributed by atoms with Gasteiger partial charge in [0.2, 0.25) is 0 Å². The van der Waals surface area contributed by atoms with E-state index >= 15 is 0 Å². The van der Waals surface area contributed by atoms with Crippen LogP contribution in [0.15, 0.2) is 48.5 Å². The van der Waals surface area contributed by atoms with Gasteiger partial charge in [-0.3, -0.25) is 10.1 Å². The number of hydrogen-bond donors (Lipinski definition) is 0. The van der Waals surface area contributed by atoms with Gasteiger partial charge in [-0.15, -0.1) is 0 Å². The van der Waals surface area contributed by atoms with Crippen LogP contribution in [0, 0.1) is 10.1 Å². The van der Waals surface area contributed by atoms with E-state index in [0.717, 1.165) is 11.1 Å². The van der Waals surface area contributed by atoms with E-state index in [9.17, 15) is 14.9 Å². The van der Waals surface area contributed by atoms with E-state index < -0.39 is 4.92 Å². The molecule has 0 radical (unpaired) electrons. The summed E-state index contributed by atoms with van der Waals surface area (Å²) in [5.74, 6) is -0.377. The molecule has 0 bridgehead atoms. The summed E-state index contributed by atoms with van der Waals surface area (Å²) in [4.78, 5) is 21.8. The van der Waals surface area contributed by atoms with Gasteiger partial charge in [0.05, 0.1) is 17.1 Å². The van der Waals surface area contributed by atoms with Crippen molar-refractivity contribution in [2.45, 2.75) is 20.8 Å². The van der Waals surface area contributed by atoms with Crippen molar-refractivity contribution in [1.82, 2.24) is 0 Å². The number of esters is 1. The first-order valence-corrected chi connectivity index (χ1v) is 7.14. The molecule has 0 saturated carbocycles. The molecule has 0 spiro atoms. The van der Waals surface area contributed by atoms with E-state index in [4.69, 9.17) is 4.74 Å². The number of carbonyl (C=O) groups excluding carboxylic acids is 1. The predicted octanol–water partition coefficient (Wildman–Crippen LogP) is 4.46. The van der Waals surface area contributed by atoms with Gasteiger partial charge in [0.1, 0.15) is 0 Å². The molecule has 5 nitrogen and oxygen atoms in total. The van der Waals surface area contributed by atoms with Crippen LogP contribution >= 0.6 is 0 Å². The molecule has 0 heterocycles. The van der Waals surface area contributed by atoms with Crippen molar-refractivity contribution in [3.05, 3.63) is 64.2 Å². The van der Waals surface area contributed by atoms with Crippen molar-refractivity contribution in [2.75, 3.05) is 6.61 Å². The molecule has 0 saturated heterocycles. The topological polar surface area (TPSA) is 69.4 Å². The first kappa shape index (κ1) is 17.4. The van der Waals surface area contributed by atoms with Crippen LogP contribution in [0.5, 0.6) is 0 Å². The van der Waals surface area contributed by atoms with E-state index in [0.29, 0.717) is 12.2 Å². The van der Waals surface area contributed by atoms with Gasteiger partial charge in [0.15, 0.2) is 0 Å². The average Bonchev–Trinajstić information content (AvgIpc) is 2.57. The van der Waals surface area contributed by atoms with Crippen LogP contribution in [0.1, 0.15) is 31.1 Å². The van der Waals surface area contributed by atoms with Crippen molar-refractivity contribution >= 4 is 11.7 Å². The summed E-state index contributed by atoms with van der Waals surface area (Å²) in [5, 5.41) is 10.7. The largest absolute Gasteiger partial charge is 0.462 e. The minimum absolute atomic E-state index is 0.0389. The van der Waals surface area contributed by atoms with Gasteiger partial charge >= 0.3 is 5.97 Å². The lowest BCUT2D eigenvalue weighted by molar-refractivity contribution is -0.384. The second-order valence-corrected chi connectivity index (χ2v) is 4.11. The Morgan fingerprint density at radius 2 is 1.73 bits per heavy atom. The highest BCUT2D eigenvalue weighted by Crippen LogP contribution is 2.24. The third kappa shape index (κ3) is 4.41. The first-order chi connectivity index (χ1) is 10.6. The third-order valence-corrected chi connectivity index (χ3v) is 2.79. The Hall–Kier alpha value is -2.69. The molecule has 0 unspecified atom stereocenters. The highest BCUT2D eigenvalue weighted by molar-refractivity contribution is 5.90. The molecule has 2 aromatic carbocycles. The summed E-state index contributed by atoms with van der Waals surface area (Å²) in [6, 6.07) is 13.1. The van der Waals surface area contributed by atoms with Gasteiger partial charge in [-0.1, -0.05) is 38.1 Å². The Kier molecular flexibility index (Phi) is 6.76. The zero-order valence-corrected chi connectivity index (χ0v) is 12.9. The Balaban J connectivity index is 0.00000116. The summed E-state index contributed by atoms with van der Waals surface area (Å²) in [6.45, 7) is 6.07. The number of hydrogen-bond acceptors (Lipinski definition) is 4. The number of non-ortho nitro benzene ring substituents is 1.